The van der Waals surface area contributed by atoms with Crippen molar-refractivity contribution < 1.29 is 14.7 Å². The first kappa shape index (κ1) is 18.7. The van der Waals surface area contributed by atoms with E-state index in [1.54, 1.807) is 4.90 Å². The summed E-state index contributed by atoms with van der Waals surface area (Å²) in [5, 5.41) is 11.8. The molecule has 0 aliphatic heterocycles. The van der Waals surface area contributed by atoms with Crippen molar-refractivity contribution >= 4 is 12.0 Å². The molecule has 0 aromatic heterocycles. The highest BCUT2D eigenvalue weighted by Gasteiger charge is 2.23. The molecule has 0 aliphatic rings. The van der Waals surface area contributed by atoms with Crippen LogP contribution in [0.1, 0.15) is 59.8 Å². The van der Waals surface area contributed by atoms with Gasteiger partial charge in [-0.25, -0.2) is 9.59 Å². The molecule has 5 nitrogen and oxygen atoms in total. The number of rotatable bonds is 10. The molecule has 20 heavy (non-hydrogen) atoms. The molecule has 0 radical (unpaired) electrons. The fourth-order valence-electron chi connectivity index (χ4n) is 1.95. The van der Waals surface area contributed by atoms with Crippen molar-refractivity contribution in [2.45, 2.75) is 65.8 Å². The first-order valence-electron chi connectivity index (χ1n) is 7.70. The van der Waals surface area contributed by atoms with Crippen LogP contribution < -0.4 is 5.32 Å². The molecule has 0 saturated heterocycles. The lowest BCUT2D eigenvalue weighted by atomic mass is 10.0. The lowest BCUT2D eigenvalue weighted by Crippen LogP contribution is -2.49. The van der Waals surface area contributed by atoms with Crippen LogP contribution in [-0.2, 0) is 4.79 Å². The number of hydrogen-bond acceptors (Lipinski definition) is 2. The number of carboxylic acids is 1. The normalized spacial score (nSPS) is 12.2. The van der Waals surface area contributed by atoms with Crippen molar-refractivity contribution in [2.24, 2.45) is 5.92 Å². The van der Waals surface area contributed by atoms with E-state index in [1.807, 2.05) is 13.8 Å². The zero-order valence-electron chi connectivity index (χ0n) is 13.3. The van der Waals surface area contributed by atoms with E-state index in [0.29, 0.717) is 19.5 Å². The molecule has 0 aliphatic carbocycles. The molecule has 118 valence electrons. The minimum absolute atomic E-state index is 0.233. The molecule has 0 aromatic rings. The average Bonchev–Trinajstić information content (AvgIpc) is 2.37. The van der Waals surface area contributed by atoms with Gasteiger partial charge in [0, 0.05) is 13.1 Å². The largest absolute Gasteiger partial charge is 0.480 e. The Balaban J connectivity index is 4.55. The van der Waals surface area contributed by atoms with Crippen LogP contribution in [0.2, 0.25) is 0 Å². The maximum absolute atomic E-state index is 12.2. The summed E-state index contributed by atoms with van der Waals surface area (Å²) in [6, 6.07) is -1.05. The Kier molecular flexibility index (Phi) is 9.86. The molecule has 0 heterocycles. The third-order valence-corrected chi connectivity index (χ3v) is 3.15. The Hall–Kier alpha value is -1.26. The fourth-order valence-corrected chi connectivity index (χ4v) is 1.95. The van der Waals surface area contributed by atoms with Crippen molar-refractivity contribution in [1.29, 1.82) is 0 Å². The van der Waals surface area contributed by atoms with Crippen molar-refractivity contribution in [2.75, 3.05) is 13.1 Å². The summed E-state index contributed by atoms with van der Waals surface area (Å²) >= 11 is 0. The van der Waals surface area contributed by atoms with Gasteiger partial charge in [-0.3, -0.25) is 0 Å². The van der Waals surface area contributed by atoms with Crippen molar-refractivity contribution in [3.8, 4) is 0 Å². The second-order valence-electron chi connectivity index (χ2n) is 5.66. The van der Waals surface area contributed by atoms with Crippen LogP contribution in [0.15, 0.2) is 0 Å². The Morgan fingerprint density at radius 2 is 1.60 bits per heavy atom. The van der Waals surface area contributed by atoms with Gasteiger partial charge >= 0.3 is 12.0 Å². The third kappa shape index (κ3) is 8.02. The highest BCUT2D eigenvalue weighted by Crippen LogP contribution is 2.07. The van der Waals surface area contributed by atoms with Gasteiger partial charge in [0.05, 0.1) is 0 Å². The minimum atomic E-state index is -0.960. The Morgan fingerprint density at radius 3 is 1.95 bits per heavy atom. The molecule has 2 N–H and O–H groups in total. The van der Waals surface area contributed by atoms with E-state index >= 15 is 0 Å². The quantitative estimate of drug-likeness (QED) is 0.648. The van der Waals surface area contributed by atoms with Crippen LogP contribution in [0.4, 0.5) is 4.79 Å². The highest BCUT2D eigenvalue weighted by atomic mass is 16.4. The molecule has 2 amide bonds. The SMILES string of the molecule is CCCCN(CCCC)C(=O)N[C@H](CC(C)C)C(=O)O. The summed E-state index contributed by atoms with van der Waals surface area (Å²) < 4.78 is 0. The molecular formula is C15H30N2O3. The van der Waals surface area contributed by atoms with Gasteiger partial charge < -0.3 is 15.3 Å². The number of carboxylic acid groups (broad SMARTS) is 1. The minimum Gasteiger partial charge on any atom is -0.480 e. The van der Waals surface area contributed by atoms with E-state index in [-0.39, 0.29) is 11.9 Å². The van der Waals surface area contributed by atoms with E-state index in [1.165, 1.54) is 0 Å². The zero-order valence-corrected chi connectivity index (χ0v) is 13.3. The predicted octanol–water partition coefficient (Wildman–Crippen LogP) is 3.10. The highest BCUT2D eigenvalue weighted by molar-refractivity contribution is 5.82. The summed E-state index contributed by atoms with van der Waals surface area (Å²) in [7, 11) is 0. The molecule has 5 heteroatoms. The average molecular weight is 286 g/mol. The molecule has 0 bridgehead atoms. The number of carbonyl (C=O) groups is 2. The molecular weight excluding hydrogens is 256 g/mol. The number of nitrogens with one attached hydrogen (secondary N) is 1. The first-order valence-corrected chi connectivity index (χ1v) is 7.70. The summed E-state index contributed by atoms with van der Waals surface area (Å²) in [6.07, 6.45) is 4.38. The Morgan fingerprint density at radius 1 is 1.10 bits per heavy atom. The van der Waals surface area contributed by atoms with Gasteiger partial charge in [0.25, 0.3) is 0 Å². The van der Waals surface area contributed by atoms with E-state index < -0.39 is 12.0 Å². The Labute approximate surface area is 122 Å². The number of amides is 2. The number of urea groups is 1. The summed E-state index contributed by atoms with van der Waals surface area (Å²) in [5.74, 6) is -0.728. The monoisotopic (exact) mass is 286 g/mol. The van der Waals surface area contributed by atoms with Gasteiger partial charge in [0.1, 0.15) is 6.04 Å². The van der Waals surface area contributed by atoms with Gasteiger partial charge in [-0.1, -0.05) is 40.5 Å². The molecule has 0 aromatic carbocycles. The van der Waals surface area contributed by atoms with Gasteiger partial charge in [-0.05, 0) is 25.2 Å². The van der Waals surface area contributed by atoms with Crippen molar-refractivity contribution in [3.05, 3.63) is 0 Å². The van der Waals surface area contributed by atoms with Crippen LogP contribution in [0.5, 0.6) is 0 Å². The van der Waals surface area contributed by atoms with Gasteiger partial charge in [-0.15, -0.1) is 0 Å². The van der Waals surface area contributed by atoms with Crippen molar-refractivity contribution in [3.63, 3.8) is 0 Å². The summed E-state index contributed by atoms with van der Waals surface area (Å²) in [4.78, 5) is 25.1. The third-order valence-electron chi connectivity index (χ3n) is 3.15. The van der Waals surface area contributed by atoms with E-state index in [4.69, 9.17) is 0 Å². The van der Waals surface area contributed by atoms with Crippen LogP contribution in [0.25, 0.3) is 0 Å². The Bertz CT molecular complexity index is 285. The molecule has 0 rings (SSSR count). The number of aliphatic carboxylic acids is 1. The molecule has 0 spiro atoms. The van der Waals surface area contributed by atoms with Crippen LogP contribution in [-0.4, -0.2) is 41.1 Å². The molecule has 0 fully saturated rings. The predicted molar refractivity (Wildman–Crippen MR) is 80.8 cm³/mol. The summed E-state index contributed by atoms with van der Waals surface area (Å²) in [6.45, 7) is 9.44. The lowest BCUT2D eigenvalue weighted by molar-refractivity contribution is -0.139. The van der Waals surface area contributed by atoms with Gasteiger partial charge in [-0.2, -0.15) is 0 Å². The number of nitrogens with zero attached hydrogens (tertiary/aromatic N) is 1. The van der Waals surface area contributed by atoms with E-state index in [0.717, 1.165) is 25.7 Å². The summed E-state index contributed by atoms with van der Waals surface area (Å²) in [5.41, 5.74) is 0. The van der Waals surface area contributed by atoms with Crippen LogP contribution in [0, 0.1) is 5.92 Å². The number of unbranched alkanes of at least 4 members (excludes halogenated alkanes) is 2. The second-order valence-corrected chi connectivity index (χ2v) is 5.66. The standard InChI is InChI=1S/C15H30N2O3/c1-5-7-9-17(10-8-6-2)15(20)16-13(14(18)19)11-12(3)4/h12-13H,5-11H2,1-4H3,(H,16,20)(H,18,19)/t13-/m1/s1. The lowest BCUT2D eigenvalue weighted by Gasteiger charge is -2.25. The van der Waals surface area contributed by atoms with Crippen LogP contribution in [0.3, 0.4) is 0 Å². The topological polar surface area (TPSA) is 69.6 Å². The maximum atomic E-state index is 12.2. The molecule has 1 atom stereocenters. The number of carbonyl (C=O) groups excluding carboxylic acids is 1. The van der Waals surface area contributed by atoms with Crippen LogP contribution >= 0.6 is 0 Å². The van der Waals surface area contributed by atoms with E-state index in [2.05, 4.69) is 19.2 Å². The molecule has 0 unspecified atom stereocenters. The zero-order chi connectivity index (χ0) is 15.5. The van der Waals surface area contributed by atoms with E-state index in [9.17, 15) is 14.7 Å². The van der Waals surface area contributed by atoms with Gasteiger partial charge in [0.15, 0.2) is 0 Å². The number of hydrogen-bond donors (Lipinski definition) is 2. The fraction of sp³-hybridized carbons (Fsp3) is 0.867. The maximum Gasteiger partial charge on any atom is 0.326 e. The first-order chi connectivity index (χ1) is 9.42. The second kappa shape index (κ2) is 10.5. The van der Waals surface area contributed by atoms with Gasteiger partial charge in [0.2, 0.25) is 0 Å². The smallest absolute Gasteiger partial charge is 0.326 e. The molecule has 0 saturated carbocycles. The van der Waals surface area contributed by atoms with Crippen molar-refractivity contribution in [1.82, 2.24) is 10.2 Å².